The van der Waals surface area contributed by atoms with Crippen LogP contribution in [0, 0.1) is 0 Å². The van der Waals surface area contributed by atoms with Crippen molar-refractivity contribution in [3.63, 3.8) is 0 Å². The van der Waals surface area contributed by atoms with E-state index in [1.807, 2.05) is 35.8 Å². The average Bonchev–Trinajstić information content (AvgIpc) is 3.20. The number of benzene rings is 2. The zero-order valence-corrected chi connectivity index (χ0v) is 19.2. The number of anilines is 2. The highest BCUT2D eigenvalue weighted by Crippen LogP contribution is 2.30. The van der Waals surface area contributed by atoms with E-state index in [0.717, 1.165) is 5.56 Å². The average molecular weight is 456 g/mol. The Labute approximate surface area is 190 Å². The van der Waals surface area contributed by atoms with Gasteiger partial charge in [-0.2, -0.15) is 0 Å². The maximum atomic E-state index is 12.5. The van der Waals surface area contributed by atoms with Crippen molar-refractivity contribution in [2.45, 2.75) is 25.5 Å². The molecule has 0 bridgehead atoms. The number of amides is 2. The van der Waals surface area contributed by atoms with Crippen LogP contribution in [0.2, 0.25) is 0 Å². The molecule has 2 N–H and O–H groups in total. The number of nitrogens with zero attached hydrogens (tertiary/aromatic N) is 3. The summed E-state index contributed by atoms with van der Waals surface area (Å²) in [6.45, 7) is 4.10. The van der Waals surface area contributed by atoms with E-state index in [1.165, 1.54) is 18.7 Å². The summed E-state index contributed by atoms with van der Waals surface area (Å²) in [6.07, 6.45) is 0. The zero-order chi connectivity index (χ0) is 23.1. The summed E-state index contributed by atoms with van der Waals surface area (Å²) >= 11 is 1.30. The van der Waals surface area contributed by atoms with Gasteiger partial charge in [-0.3, -0.25) is 9.59 Å². The van der Waals surface area contributed by atoms with Gasteiger partial charge >= 0.3 is 0 Å². The largest absolute Gasteiger partial charge is 0.497 e. The van der Waals surface area contributed by atoms with Crippen LogP contribution < -0.4 is 20.1 Å². The monoisotopic (exact) mass is 455 g/mol. The molecule has 0 saturated carbocycles. The summed E-state index contributed by atoms with van der Waals surface area (Å²) in [7, 11) is 3.10. The molecule has 1 aromatic heterocycles. The predicted molar refractivity (Wildman–Crippen MR) is 124 cm³/mol. The topological polar surface area (TPSA) is 107 Å². The first-order valence-corrected chi connectivity index (χ1v) is 10.9. The van der Waals surface area contributed by atoms with Crippen LogP contribution in [0.15, 0.2) is 47.6 Å². The molecule has 2 amide bonds. The lowest BCUT2D eigenvalue weighted by atomic mass is 10.2. The standard InChI is InChI=1S/C22H25N5O4S/c1-5-27-21(15-6-8-16(9-7-15)23-14(2)28)25-26-22(27)32-13-20(29)24-18-12-17(30-3)10-11-19(18)31-4/h6-12H,5,13H2,1-4H3,(H,23,28)(H,24,29). The van der Waals surface area contributed by atoms with Gasteiger partial charge in [0, 0.05) is 30.8 Å². The molecule has 0 saturated heterocycles. The summed E-state index contributed by atoms with van der Waals surface area (Å²) < 4.78 is 12.5. The molecule has 3 rings (SSSR count). The van der Waals surface area contributed by atoms with E-state index in [2.05, 4.69) is 20.8 Å². The van der Waals surface area contributed by atoms with Crippen molar-refractivity contribution in [3.8, 4) is 22.9 Å². The quantitative estimate of drug-likeness (QED) is 0.474. The van der Waals surface area contributed by atoms with Crippen LogP contribution in [0.4, 0.5) is 11.4 Å². The number of nitrogens with one attached hydrogen (secondary N) is 2. The molecule has 0 aliphatic rings. The summed E-state index contributed by atoms with van der Waals surface area (Å²) in [5.74, 6) is 1.69. The third-order valence-electron chi connectivity index (χ3n) is 4.51. The van der Waals surface area contributed by atoms with Gasteiger partial charge < -0.3 is 24.7 Å². The first-order valence-electron chi connectivity index (χ1n) is 9.91. The molecule has 0 atom stereocenters. The van der Waals surface area contributed by atoms with E-state index in [9.17, 15) is 9.59 Å². The molecule has 168 valence electrons. The van der Waals surface area contributed by atoms with Gasteiger partial charge in [0.25, 0.3) is 0 Å². The van der Waals surface area contributed by atoms with Gasteiger partial charge in [0.1, 0.15) is 11.5 Å². The van der Waals surface area contributed by atoms with E-state index >= 15 is 0 Å². The van der Waals surface area contributed by atoms with Crippen LogP contribution >= 0.6 is 11.8 Å². The third-order valence-corrected chi connectivity index (χ3v) is 5.48. The van der Waals surface area contributed by atoms with Gasteiger partial charge in [-0.1, -0.05) is 11.8 Å². The van der Waals surface area contributed by atoms with E-state index in [-0.39, 0.29) is 17.6 Å². The predicted octanol–water partition coefficient (Wildman–Crippen LogP) is 3.67. The summed E-state index contributed by atoms with van der Waals surface area (Å²) in [5.41, 5.74) is 2.11. The molecule has 0 aliphatic carbocycles. The third kappa shape index (κ3) is 5.58. The molecule has 9 nitrogen and oxygen atoms in total. The summed E-state index contributed by atoms with van der Waals surface area (Å²) in [5, 5.41) is 14.8. The van der Waals surface area contributed by atoms with E-state index in [4.69, 9.17) is 9.47 Å². The number of thioether (sulfide) groups is 1. The van der Waals surface area contributed by atoms with Gasteiger partial charge in [-0.25, -0.2) is 0 Å². The molecule has 0 radical (unpaired) electrons. The Balaban J connectivity index is 1.69. The summed E-state index contributed by atoms with van der Waals surface area (Å²) in [4.78, 5) is 23.7. The van der Waals surface area contributed by atoms with Crippen molar-refractivity contribution >= 4 is 35.0 Å². The second kappa shape index (κ2) is 10.7. The highest BCUT2D eigenvalue weighted by atomic mass is 32.2. The summed E-state index contributed by atoms with van der Waals surface area (Å²) in [6, 6.07) is 12.6. The van der Waals surface area contributed by atoms with Crippen molar-refractivity contribution in [2.75, 3.05) is 30.6 Å². The molecule has 0 fully saturated rings. The van der Waals surface area contributed by atoms with Gasteiger partial charge in [0.15, 0.2) is 11.0 Å². The van der Waals surface area contributed by atoms with Crippen molar-refractivity contribution in [3.05, 3.63) is 42.5 Å². The minimum atomic E-state index is -0.201. The Bertz CT molecular complexity index is 1100. The highest BCUT2D eigenvalue weighted by Gasteiger charge is 2.16. The fraction of sp³-hybridized carbons (Fsp3) is 0.273. The molecule has 2 aromatic carbocycles. The number of carbonyl (C=O) groups is 2. The van der Waals surface area contributed by atoms with Gasteiger partial charge in [0.2, 0.25) is 11.8 Å². The normalized spacial score (nSPS) is 10.5. The number of rotatable bonds is 9. The second-order valence-electron chi connectivity index (χ2n) is 6.71. The SMILES string of the molecule is CCn1c(SCC(=O)Nc2cc(OC)ccc2OC)nnc1-c1ccc(NC(C)=O)cc1. The van der Waals surface area contributed by atoms with Crippen LogP contribution in [-0.2, 0) is 16.1 Å². The molecule has 0 unspecified atom stereocenters. The Hall–Kier alpha value is -3.53. The highest BCUT2D eigenvalue weighted by molar-refractivity contribution is 7.99. The van der Waals surface area contributed by atoms with Crippen LogP contribution in [0.5, 0.6) is 11.5 Å². The minimum absolute atomic E-state index is 0.127. The van der Waals surface area contributed by atoms with Crippen molar-refractivity contribution in [1.29, 1.82) is 0 Å². The maximum absolute atomic E-state index is 12.5. The Morgan fingerprint density at radius 1 is 1.03 bits per heavy atom. The molecule has 3 aromatic rings. The lowest BCUT2D eigenvalue weighted by Gasteiger charge is -2.12. The lowest BCUT2D eigenvalue weighted by molar-refractivity contribution is -0.114. The Morgan fingerprint density at radius 2 is 1.78 bits per heavy atom. The number of ether oxygens (including phenoxy) is 2. The lowest BCUT2D eigenvalue weighted by Crippen LogP contribution is -2.15. The first-order chi connectivity index (χ1) is 15.4. The molecule has 1 heterocycles. The van der Waals surface area contributed by atoms with E-state index in [1.54, 1.807) is 32.4 Å². The van der Waals surface area contributed by atoms with Crippen LogP contribution in [0.3, 0.4) is 0 Å². The fourth-order valence-corrected chi connectivity index (χ4v) is 3.83. The number of hydrogen-bond acceptors (Lipinski definition) is 7. The Morgan fingerprint density at radius 3 is 2.41 bits per heavy atom. The molecule has 10 heteroatoms. The van der Waals surface area contributed by atoms with Crippen molar-refractivity contribution in [1.82, 2.24) is 14.8 Å². The zero-order valence-electron chi connectivity index (χ0n) is 18.3. The van der Waals surface area contributed by atoms with E-state index in [0.29, 0.717) is 40.4 Å². The van der Waals surface area contributed by atoms with Crippen LogP contribution in [-0.4, -0.2) is 46.6 Å². The molecular weight excluding hydrogens is 430 g/mol. The fourth-order valence-electron chi connectivity index (χ4n) is 3.03. The smallest absolute Gasteiger partial charge is 0.234 e. The first kappa shape index (κ1) is 23.1. The minimum Gasteiger partial charge on any atom is -0.497 e. The number of aromatic nitrogens is 3. The second-order valence-corrected chi connectivity index (χ2v) is 7.65. The van der Waals surface area contributed by atoms with Crippen molar-refractivity contribution in [2.24, 2.45) is 0 Å². The van der Waals surface area contributed by atoms with Crippen LogP contribution in [0.25, 0.3) is 11.4 Å². The number of carbonyl (C=O) groups excluding carboxylic acids is 2. The van der Waals surface area contributed by atoms with Gasteiger partial charge in [-0.05, 0) is 43.3 Å². The van der Waals surface area contributed by atoms with Crippen molar-refractivity contribution < 1.29 is 19.1 Å². The van der Waals surface area contributed by atoms with Gasteiger partial charge in [0.05, 0.1) is 25.7 Å². The Kier molecular flexibility index (Phi) is 7.72. The molecule has 32 heavy (non-hydrogen) atoms. The molecule has 0 aliphatic heterocycles. The number of hydrogen-bond donors (Lipinski definition) is 2. The maximum Gasteiger partial charge on any atom is 0.234 e. The molecule has 0 spiro atoms. The molecular formula is C22H25N5O4S. The number of methoxy groups -OCH3 is 2. The van der Waals surface area contributed by atoms with Gasteiger partial charge in [-0.15, -0.1) is 10.2 Å². The van der Waals surface area contributed by atoms with E-state index < -0.39 is 0 Å². The van der Waals surface area contributed by atoms with Crippen LogP contribution in [0.1, 0.15) is 13.8 Å².